The number of ether oxygens (including phenoxy) is 1. The molecule has 5 heteroatoms. The first kappa shape index (κ1) is 13.1. The quantitative estimate of drug-likeness (QED) is 0.905. The van der Waals surface area contributed by atoms with Crippen molar-refractivity contribution in [1.82, 2.24) is 10.1 Å². The summed E-state index contributed by atoms with van der Waals surface area (Å²) >= 11 is 0. The van der Waals surface area contributed by atoms with Crippen molar-refractivity contribution in [3.05, 3.63) is 11.7 Å². The highest BCUT2D eigenvalue weighted by molar-refractivity contribution is 4.98. The van der Waals surface area contributed by atoms with Crippen LogP contribution in [0.4, 0.5) is 0 Å². The van der Waals surface area contributed by atoms with Crippen LogP contribution in [0.3, 0.4) is 0 Å². The minimum atomic E-state index is 0.298. The fourth-order valence-electron chi connectivity index (χ4n) is 3.19. The average Bonchev–Trinajstić information content (AvgIpc) is 2.91. The second-order valence-corrected chi connectivity index (χ2v) is 5.85. The summed E-state index contributed by atoms with van der Waals surface area (Å²) in [6.45, 7) is 1.62. The van der Waals surface area contributed by atoms with Gasteiger partial charge in [-0.2, -0.15) is 4.98 Å². The molecule has 2 atom stereocenters. The predicted octanol–water partition coefficient (Wildman–Crippen LogP) is 2.02. The molecule has 2 aliphatic rings. The molecule has 19 heavy (non-hydrogen) atoms. The summed E-state index contributed by atoms with van der Waals surface area (Å²) in [4.78, 5) is 4.57. The number of aromatic nitrogens is 2. The van der Waals surface area contributed by atoms with Crippen molar-refractivity contribution in [2.75, 3.05) is 13.2 Å². The van der Waals surface area contributed by atoms with Gasteiger partial charge in [0.25, 0.3) is 0 Å². The Bertz CT molecular complexity index is 401. The van der Waals surface area contributed by atoms with E-state index in [4.69, 9.17) is 15.0 Å². The van der Waals surface area contributed by atoms with Crippen molar-refractivity contribution in [3.8, 4) is 0 Å². The highest BCUT2D eigenvalue weighted by atomic mass is 16.5. The van der Waals surface area contributed by atoms with Crippen LogP contribution < -0.4 is 5.73 Å². The number of nitrogens with zero attached hydrogens (tertiary/aromatic N) is 2. The van der Waals surface area contributed by atoms with Crippen LogP contribution >= 0.6 is 0 Å². The number of hydrogen-bond acceptors (Lipinski definition) is 5. The van der Waals surface area contributed by atoms with E-state index in [2.05, 4.69) is 10.1 Å². The van der Waals surface area contributed by atoms with Crippen molar-refractivity contribution >= 4 is 0 Å². The van der Waals surface area contributed by atoms with Gasteiger partial charge in [-0.25, -0.2) is 0 Å². The van der Waals surface area contributed by atoms with Gasteiger partial charge in [0.15, 0.2) is 5.82 Å². The molecule has 2 heterocycles. The van der Waals surface area contributed by atoms with Crippen LogP contribution in [0.15, 0.2) is 4.52 Å². The standard InChI is InChI=1S/C14H23N3O2/c15-12-4-2-1-3-11(12)9-13-16-14(17-19-13)10-5-7-18-8-6-10/h10-12H,1-9,15H2. The van der Waals surface area contributed by atoms with Gasteiger partial charge in [-0.3, -0.25) is 0 Å². The minimum Gasteiger partial charge on any atom is -0.381 e. The van der Waals surface area contributed by atoms with Crippen LogP contribution in [-0.2, 0) is 11.2 Å². The molecular formula is C14H23N3O2. The summed E-state index contributed by atoms with van der Waals surface area (Å²) in [7, 11) is 0. The molecule has 1 aliphatic carbocycles. The molecule has 5 nitrogen and oxygen atoms in total. The highest BCUT2D eigenvalue weighted by Gasteiger charge is 2.26. The van der Waals surface area contributed by atoms with Gasteiger partial charge in [-0.05, 0) is 31.6 Å². The molecule has 2 unspecified atom stereocenters. The third-order valence-corrected chi connectivity index (χ3v) is 4.47. The topological polar surface area (TPSA) is 74.2 Å². The molecule has 1 aromatic heterocycles. The zero-order chi connectivity index (χ0) is 13.1. The van der Waals surface area contributed by atoms with E-state index in [9.17, 15) is 0 Å². The molecule has 0 aromatic carbocycles. The molecule has 3 rings (SSSR count). The largest absolute Gasteiger partial charge is 0.381 e. The zero-order valence-electron chi connectivity index (χ0n) is 11.4. The molecule has 1 aliphatic heterocycles. The number of rotatable bonds is 3. The van der Waals surface area contributed by atoms with Crippen molar-refractivity contribution < 1.29 is 9.26 Å². The first-order valence-corrected chi connectivity index (χ1v) is 7.49. The van der Waals surface area contributed by atoms with Crippen LogP contribution in [0.1, 0.15) is 56.2 Å². The van der Waals surface area contributed by atoms with Crippen molar-refractivity contribution in [2.45, 2.75) is 56.9 Å². The summed E-state index contributed by atoms with van der Waals surface area (Å²) in [6, 6.07) is 0.298. The summed E-state index contributed by atoms with van der Waals surface area (Å²) in [5.74, 6) is 2.55. The van der Waals surface area contributed by atoms with E-state index in [1.807, 2.05) is 0 Å². The fourth-order valence-corrected chi connectivity index (χ4v) is 3.19. The van der Waals surface area contributed by atoms with Crippen molar-refractivity contribution in [3.63, 3.8) is 0 Å². The van der Waals surface area contributed by atoms with E-state index in [0.717, 1.165) is 50.6 Å². The van der Waals surface area contributed by atoms with E-state index in [-0.39, 0.29) is 0 Å². The highest BCUT2D eigenvalue weighted by Crippen LogP contribution is 2.28. The zero-order valence-corrected chi connectivity index (χ0v) is 11.4. The Morgan fingerprint density at radius 3 is 2.68 bits per heavy atom. The Balaban J connectivity index is 1.60. The molecule has 0 amide bonds. The molecular weight excluding hydrogens is 242 g/mol. The summed E-state index contributed by atoms with van der Waals surface area (Å²) in [6.07, 6.45) is 7.71. The molecule has 0 spiro atoms. The second kappa shape index (κ2) is 6.01. The summed E-state index contributed by atoms with van der Waals surface area (Å²) in [5, 5.41) is 4.15. The lowest BCUT2D eigenvalue weighted by Crippen LogP contribution is -2.34. The fraction of sp³-hybridized carbons (Fsp3) is 0.857. The van der Waals surface area contributed by atoms with Crippen LogP contribution in [0.2, 0.25) is 0 Å². The Hall–Kier alpha value is -0.940. The molecule has 0 bridgehead atoms. The van der Waals surface area contributed by atoms with E-state index in [0.29, 0.717) is 17.9 Å². The van der Waals surface area contributed by atoms with Gasteiger partial charge in [0, 0.05) is 31.6 Å². The van der Waals surface area contributed by atoms with Crippen LogP contribution in [0.25, 0.3) is 0 Å². The van der Waals surface area contributed by atoms with Crippen molar-refractivity contribution in [2.24, 2.45) is 11.7 Å². The lowest BCUT2D eigenvalue weighted by molar-refractivity contribution is 0.0830. The van der Waals surface area contributed by atoms with Crippen LogP contribution in [0.5, 0.6) is 0 Å². The van der Waals surface area contributed by atoms with Gasteiger partial charge in [0.05, 0.1) is 0 Å². The third kappa shape index (κ3) is 3.15. The van der Waals surface area contributed by atoms with E-state index >= 15 is 0 Å². The van der Waals surface area contributed by atoms with Gasteiger partial charge in [-0.15, -0.1) is 0 Å². The predicted molar refractivity (Wildman–Crippen MR) is 70.7 cm³/mol. The van der Waals surface area contributed by atoms with Gasteiger partial charge in [-0.1, -0.05) is 18.0 Å². The maximum atomic E-state index is 6.17. The lowest BCUT2D eigenvalue weighted by atomic mass is 9.83. The minimum absolute atomic E-state index is 0.298. The number of nitrogens with two attached hydrogens (primary N) is 1. The molecule has 1 saturated carbocycles. The maximum Gasteiger partial charge on any atom is 0.226 e. The van der Waals surface area contributed by atoms with E-state index < -0.39 is 0 Å². The Labute approximate surface area is 113 Å². The van der Waals surface area contributed by atoms with Crippen LogP contribution in [-0.4, -0.2) is 29.4 Å². The van der Waals surface area contributed by atoms with Gasteiger partial charge in [0.2, 0.25) is 5.89 Å². The molecule has 106 valence electrons. The van der Waals surface area contributed by atoms with E-state index in [1.54, 1.807) is 0 Å². The molecule has 1 saturated heterocycles. The van der Waals surface area contributed by atoms with Gasteiger partial charge in [0.1, 0.15) is 0 Å². The first-order valence-electron chi connectivity index (χ1n) is 7.49. The lowest BCUT2D eigenvalue weighted by Gasteiger charge is -2.27. The average molecular weight is 265 g/mol. The van der Waals surface area contributed by atoms with Gasteiger partial charge >= 0.3 is 0 Å². The Morgan fingerprint density at radius 2 is 1.89 bits per heavy atom. The van der Waals surface area contributed by atoms with Crippen molar-refractivity contribution in [1.29, 1.82) is 0 Å². The Kier molecular flexibility index (Phi) is 4.13. The summed E-state index contributed by atoms with van der Waals surface area (Å²) < 4.78 is 10.8. The molecule has 2 fully saturated rings. The van der Waals surface area contributed by atoms with Gasteiger partial charge < -0.3 is 15.0 Å². The Morgan fingerprint density at radius 1 is 1.11 bits per heavy atom. The smallest absolute Gasteiger partial charge is 0.226 e. The van der Waals surface area contributed by atoms with E-state index in [1.165, 1.54) is 19.3 Å². The molecule has 0 radical (unpaired) electrons. The monoisotopic (exact) mass is 265 g/mol. The molecule has 2 N–H and O–H groups in total. The maximum absolute atomic E-state index is 6.17. The first-order chi connectivity index (χ1) is 9.33. The van der Waals surface area contributed by atoms with Crippen LogP contribution in [0, 0.1) is 5.92 Å². The second-order valence-electron chi connectivity index (χ2n) is 5.85. The number of hydrogen-bond donors (Lipinski definition) is 1. The normalized spacial score (nSPS) is 29.5. The third-order valence-electron chi connectivity index (χ3n) is 4.47. The molecule has 1 aromatic rings. The summed E-state index contributed by atoms with van der Waals surface area (Å²) in [5.41, 5.74) is 6.17. The SMILES string of the molecule is NC1CCCCC1Cc1nc(C2CCOCC2)no1.